The smallest absolute Gasteiger partial charge is 0.342 e. The predicted octanol–water partition coefficient (Wildman–Crippen LogP) is 4.12. The van der Waals surface area contributed by atoms with Crippen molar-refractivity contribution in [1.29, 1.82) is 0 Å². The van der Waals surface area contributed by atoms with Gasteiger partial charge >= 0.3 is 5.97 Å². The Labute approximate surface area is 136 Å². The Bertz CT molecular complexity index is 623. The highest BCUT2D eigenvalue weighted by molar-refractivity contribution is 6.30. The van der Waals surface area contributed by atoms with Crippen molar-refractivity contribution in [2.45, 2.75) is 19.7 Å². The number of carbonyl (C=O) groups excluding carboxylic acids is 1. The molecule has 1 unspecified atom stereocenters. The lowest BCUT2D eigenvalue weighted by Gasteiger charge is -2.35. The lowest BCUT2D eigenvalue weighted by Crippen LogP contribution is -2.48. The van der Waals surface area contributed by atoms with Crippen LogP contribution in [0.25, 0.3) is 0 Å². The van der Waals surface area contributed by atoms with E-state index in [1.807, 2.05) is 39.2 Å². The fourth-order valence-electron chi connectivity index (χ4n) is 2.13. The molecule has 0 saturated carbocycles. The first-order valence-corrected chi connectivity index (χ1v) is 7.59. The first-order valence-electron chi connectivity index (χ1n) is 7.21. The van der Waals surface area contributed by atoms with Crippen LogP contribution in [0.2, 0.25) is 5.02 Å². The molecule has 22 heavy (non-hydrogen) atoms. The summed E-state index contributed by atoms with van der Waals surface area (Å²) >= 11 is 5.83. The number of halogens is 1. The zero-order chi connectivity index (χ0) is 16.2. The molecule has 0 radical (unpaired) electrons. The number of nitrogens with zero attached hydrogens (tertiary/aromatic N) is 1. The van der Waals surface area contributed by atoms with E-state index in [4.69, 9.17) is 16.3 Å². The maximum atomic E-state index is 12.2. The highest BCUT2D eigenvalue weighted by Crippen LogP contribution is 2.17. The molecule has 0 saturated heterocycles. The molecule has 0 bridgehead atoms. The summed E-state index contributed by atoms with van der Waals surface area (Å²) in [5.74, 6) is -0.330. The van der Waals surface area contributed by atoms with Crippen molar-refractivity contribution in [1.82, 2.24) is 0 Å². The van der Waals surface area contributed by atoms with Crippen molar-refractivity contribution in [2.75, 3.05) is 14.1 Å². The zero-order valence-corrected chi connectivity index (χ0v) is 13.9. The average Bonchev–Trinajstić information content (AvgIpc) is 2.48. The van der Waals surface area contributed by atoms with Gasteiger partial charge in [0.25, 0.3) is 0 Å². The number of quaternary nitrogens is 1. The van der Waals surface area contributed by atoms with Gasteiger partial charge in [-0.3, -0.25) is 4.48 Å². The minimum Gasteiger partial charge on any atom is -0.409 e. The molecule has 116 valence electrons. The largest absolute Gasteiger partial charge is 0.409 e. The monoisotopic (exact) mass is 318 g/mol. The van der Waals surface area contributed by atoms with Gasteiger partial charge in [0.15, 0.2) is 0 Å². The summed E-state index contributed by atoms with van der Waals surface area (Å²) in [5.41, 5.74) is 1.72. The van der Waals surface area contributed by atoms with Crippen molar-refractivity contribution in [3.05, 3.63) is 70.7 Å². The molecule has 0 aromatic heterocycles. The maximum Gasteiger partial charge on any atom is 0.342 e. The van der Waals surface area contributed by atoms with Gasteiger partial charge in [-0.25, -0.2) is 4.79 Å². The first-order chi connectivity index (χ1) is 10.4. The second-order valence-electron chi connectivity index (χ2n) is 5.93. The van der Waals surface area contributed by atoms with Gasteiger partial charge in [-0.2, -0.15) is 0 Å². The van der Waals surface area contributed by atoms with E-state index in [0.29, 0.717) is 15.1 Å². The van der Waals surface area contributed by atoms with E-state index in [1.165, 1.54) is 5.56 Å². The third-order valence-corrected chi connectivity index (χ3v) is 4.03. The van der Waals surface area contributed by atoms with E-state index < -0.39 is 0 Å². The van der Waals surface area contributed by atoms with Crippen LogP contribution in [0.15, 0.2) is 54.6 Å². The number of benzene rings is 2. The van der Waals surface area contributed by atoms with Gasteiger partial charge in [0.2, 0.25) is 6.23 Å². The fraction of sp³-hybridized carbons (Fsp3) is 0.278. The molecular weight excluding hydrogens is 298 g/mol. The molecule has 0 amide bonds. The Balaban J connectivity index is 2.02. The lowest BCUT2D eigenvalue weighted by molar-refractivity contribution is -0.945. The summed E-state index contributed by atoms with van der Waals surface area (Å²) in [6, 6.07) is 16.9. The van der Waals surface area contributed by atoms with Crippen LogP contribution in [0.1, 0.15) is 22.8 Å². The molecule has 1 atom stereocenters. The predicted molar refractivity (Wildman–Crippen MR) is 88.6 cm³/mol. The van der Waals surface area contributed by atoms with Gasteiger partial charge in [0, 0.05) is 17.5 Å². The van der Waals surface area contributed by atoms with E-state index in [1.54, 1.807) is 24.3 Å². The topological polar surface area (TPSA) is 26.3 Å². The summed E-state index contributed by atoms with van der Waals surface area (Å²) < 4.78 is 6.16. The van der Waals surface area contributed by atoms with E-state index >= 15 is 0 Å². The molecule has 0 aliphatic heterocycles. The Hall–Kier alpha value is -1.84. The normalized spacial score (nSPS) is 12.7. The van der Waals surface area contributed by atoms with E-state index in [0.717, 1.165) is 6.54 Å². The van der Waals surface area contributed by atoms with Gasteiger partial charge in [-0.05, 0) is 24.3 Å². The molecule has 0 aliphatic rings. The molecule has 3 nitrogen and oxygen atoms in total. The molecule has 2 aromatic rings. The van der Waals surface area contributed by atoms with Gasteiger partial charge in [0.1, 0.15) is 6.54 Å². The minimum absolute atomic E-state index is 0.261. The molecular formula is C18H21ClNO2+. The van der Waals surface area contributed by atoms with Crippen molar-refractivity contribution in [3.8, 4) is 0 Å². The molecule has 0 heterocycles. The highest BCUT2D eigenvalue weighted by atomic mass is 35.5. The zero-order valence-electron chi connectivity index (χ0n) is 13.1. The van der Waals surface area contributed by atoms with Crippen molar-refractivity contribution in [3.63, 3.8) is 0 Å². The Morgan fingerprint density at radius 2 is 1.68 bits per heavy atom. The second-order valence-corrected chi connectivity index (χ2v) is 6.37. The average molecular weight is 319 g/mol. The molecule has 0 aliphatic carbocycles. The summed E-state index contributed by atoms with van der Waals surface area (Å²) in [4.78, 5) is 12.2. The summed E-state index contributed by atoms with van der Waals surface area (Å²) in [6.07, 6.45) is -0.261. The molecule has 0 fully saturated rings. The van der Waals surface area contributed by atoms with Crippen LogP contribution in [0, 0.1) is 0 Å². The van der Waals surface area contributed by atoms with Crippen molar-refractivity contribution in [2.24, 2.45) is 0 Å². The van der Waals surface area contributed by atoms with Gasteiger partial charge in [-0.1, -0.05) is 41.9 Å². The SMILES string of the molecule is CC(OC(=O)c1ccc(Cl)cc1)[N+](C)(C)Cc1ccccc1. The van der Waals surface area contributed by atoms with E-state index in [2.05, 4.69) is 12.1 Å². The second kappa shape index (κ2) is 6.95. The number of ether oxygens (including phenoxy) is 1. The Morgan fingerprint density at radius 3 is 2.27 bits per heavy atom. The number of carbonyl (C=O) groups is 1. The number of rotatable bonds is 5. The molecule has 4 heteroatoms. The van der Waals surface area contributed by atoms with Gasteiger partial charge < -0.3 is 4.74 Å². The van der Waals surface area contributed by atoms with Crippen molar-refractivity contribution >= 4 is 17.6 Å². The summed E-state index contributed by atoms with van der Waals surface area (Å²) in [6.45, 7) is 2.70. The lowest BCUT2D eigenvalue weighted by atomic mass is 10.2. The summed E-state index contributed by atoms with van der Waals surface area (Å²) in [5, 5.41) is 0.602. The first kappa shape index (κ1) is 16.5. The van der Waals surface area contributed by atoms with E-state index in [-0.39, 0.29) is 12.2 Å². The molecule has 2 aromatic carbocycles. The Kier molecular flexibility index (Phi) is 5.22. The van der Waals surface area contributed by atoms with Gasteiger partial charge in [0.05, 0.1) is 19.7 Å². The molecule has 0 spiro atoms. The number of esters is 1. The van der Waals surface area contributed by atoms with Gasteiger partial charge in [-0.15, -0.1) is 0 Å². The standard InChI is InChI=1S/C18H21ClNO2/c1-14(20(2,3)13-15-7-5-4-6-8-15)22-18(21)16-9-11-17(19)12-10-16/h4-12,14H,13H2,1-3H3/q+1. The summed E-state index contributed by atoms with van der Waals surface area (Å²) in [7, 11) is 4.10. The number of hydrogen-bond acceptors (Lipinski definition) is 2. The minimum atomic E-state index is -0.330. The third kappa shape index (κ3) is 4.33. The molecule has 2 rings (SSSR count). The number of hydrogen-bond donors (Lipinski definition) is 0. The maximum absolute atomic E-state index is 12.2. The quantitative estimate of drug-likeness (QED) is 0.471. The highest BCUT2D eigenvalue weighted by Gasteiger charge is 2.28. The van der Waals surface area contributed by atoms with Crippen LogP contribution in [0.4, 0.5) is 0 Å². The van der Waals surface area contributed by atoms with Crippen LogP contribution in [0.3, 0.4) is 0 Å². The van der Waals surface area contributed by atoms with Crippen LogP contribution >= 0.6 is 11.6 Å². The van der Waals surface area contributed by atoms with E-state index in [9.17, 15) is 4.79 Å². The van der Waals surface area contributed by atoms with Crippen molar-refractivity contribution < 1.29 is 14.0 Å². The van der Waals surface area contributed by atoms with Crippen LogP contribution in [0.5, 0.6) is 0 Å². The van der Waals surface area contributed by atoms with Crippen LogP contribution in [-0.2, 0) is 11.3 Å². The third-order valence-electron chi connectivity index (χ3n) is 3.77. The van der Waals surface area contributed by atoms with Crippen LogP contribution < -0.4 is 0 Å². The van der Waals surface area contributed by atoms with Crippen LogP contribution in [-0.4, -0.2) is 30.8 Å². The molecule has 0 N–H and O–H groups in total. The fourth-order valence-corrected chi connectivity index (χ4v) is 2.26. The Morgan fingerprint density at radius 1 is 1.09 bits per heavy atom.